The SMILES string of the molecule is COc1cc(C(=O)NCCN2C(=O)S/C(=C\c3ccccc3)C2=O)cc2c1OCCO2. The molecular formula is C22H20N2O6S. The predicted molar refractivity (Wildman–Crippen MR) is 115 cm³/mol. The third-order valence-electron chi connectivity index (χ3n) is 4.68. The fourth-order valence-corrected chi connectivity index (χ4v) is 4.05. The second-order valence-corrected chi connectivity index (χ2v) is 7.70. The molecule has 2 aromatic carbocycles. The lowest BCUT2D eigenvalue weighted by atomic mass is 10.1. The molecule has 0 spiro atoms. The van der Waals surface area contributed by atoms with Gasteiger partial charge in [0.1, 0.15) is 13.2 Å². The number of amides is 3. The molecule has 0 radical (unpaired) electrons. The van der Waals surface area contributed by atoms with E-state index in [0.717, 1.165) is 22.2 Å². The molecule has 2 aromatic rings. The highest BCUT2D eigenvalue weighted by Crippen LogP contribution is 2.40. The molecule has 0 aromatic heterocycles. The first-order valence-electron chi connectivity index (χ1n) is 9.63. The average molecular weight is 440 g/mol. The van der Waals surface area contributed by atoms with Gasteiger partial charge in [0.2, 0.25) is 5.75 Å². The third-order valence-corrected chi connectivity index (χ3v) is 5.59. The summed E-state index contributed by atoms with van der Waals surface area (Å²) in [5.74, 6) is 0.566. The molecule has 9 heteroatoms. The number of hydrogen-bond donors (Lipinski definition) is 1. The summed E-state index contributed by atoms with van der Waals surface area (Å²) in [5, 5.41) is 2.37. The van der Waals surface area contributed by atoms with E-state index in [2.05, 4.69) is 5.32 Å². The van der Waals surface area contributed by atoms with Crippen molar-refractivity contribution in [2.75, 3.05) is 33.4 Å². The monoisotopic (exact) mass is 440 g/mol. The fourth-order valence-electron chi connectivity index (χ4n) is 3.18. The molecule has 1 N–H and O–H groups in total. The minimum Gasteiger partial charge on any atom is -0.493 e. The van der Waals surface area contributed by atoms with Crippen molar-refractivity contribution in [1.82, 2.24) is 10.2 Å². The minimum atomic E-state index is -0.373. The van der Waals surface area contributed by atoms with Crippen LogP contribution in [-0.4, -0.2) is 55.4 Å². The summed E-state index contributed by atoms with van der Waals surface area (Å²) in [6.07, 6.45) is 1.69. The summed E-state index contributed by atoms with van der Waals surface area (Å²) in [4.78, 5) is 38.9. The number of ether oxygens (including phenoxy) is 3. The molecule has 0 atom stereocenters. The molecule has 160 valence electrons. The first-order chi connectivity index (χ1) is 15.1. The molecule has 8 nitrogen and oxygen atoms in total. The van der Waals surface area contributed by atoms with Gasteiger partial charge in [0.05, 0.1) is 12.0 Å². The van der Waals surface area contributed by atoms with Crippen LogP contribution >= 0.6 is 11.8 Å². The summed E-state index contributed by atoms with van der Waals surface area (Å²) in [5.41, 5.74) is 1.17. The van der Waals surface area contributed by atoms with Crippen LogP contribution in [0.4, 0.5) is 4.79 Å². The van der Waals surface area contributed by atoms with Crippen molar-refractivity contribution in [3.63, 3.8) is 0 Å². The Morgan fingerprint density at radius 1 is 1.19 bits per heavy atom. The van der Waals surface area contributed by atoms with Crippen LogP contribution in [0.15, 0.2) is 47.4 Å². The highest BCUT2D eigenvalue weighted by molar-refractivity contribution is 8.18. The van der Waals surface area contributed by atoms with Crippen LogP contribution in [0.2, 0.25) is 0 Å². The Morgan fingerprint density at radius 3 is 2.74 bits per heavy atom. The number of carbonyl (C=O) groups is 3. The standard InChI is InChI=1S/C22H20N2O6S/c1-28-16-12-15(13-17-19(16)30-10-9-29-17)20(25)23-7-8-24-21(26)18(31-22(24)27)11-14-5-3-2-4-6-14/h2-6,11-13H,7-10H2,1H3,(H,23,25)/b18-11-. The van der Waals surface area contributed by atoms with Crippen molar-refractivity contribution in [3.8, 4) is 17.2 Å². The number of nitrogens with zero attached hydrogens (tertiary/aromatic N) is 1. The lowest BCUT2D eigenvalue weighted by Gasteiger charge is -2.21. The number of methoxy groups -OCH3 is 1. The number of benzene rings is 2. The average Bonchev–Trinajstić information content (AvgIpc) is 3.06. The zero-order valence-electron chi connectivity index (χ0n) is 16.8. The summed E-state index contributed by atoms with van der Waals surface area (Å²) in [7, 11) is 1.48. The molecule has 1 saturated heterocycles. The van der Waals surface area contributed by atoms with Gasteiger partial charge >= 0.3 is 0 Å². The van der Waals surface area contributed by atoms with E-state index < -0.39 is 0 Å². The predicted octanol–water partition coefficient (Wildman–Crippen LogP) is 2.93. The molecular weight excluding hydrogens is 420 g/mol. The maximum absolute atomic E-state index is 12.6. The van der Waals surface area contributed by atoms with Gasteiger partial charge in [-0.15, -0.1) is 0 Å². The lowest BCUT2D eigenvalue weighted by molar-refractivity contribution is -0.122. The van der Waals surface area contributed by atoms with E-state index in [1.54, 1.807) is 18.2 Å². The van der Waals surface area contributed by atoms with Crippen LogP contribution in [0, 0.1) is 0 Å². The van der Waals surface area contributed by atoms with Crippen LogP contribution in [0.5, 0.6) is 17.2 Å². The van der Waals surface area contributed by atoms with E-state index in [-0.39, 0.29) is 30.1 Å². The van der Waals surface area contributed by atoms with Crippen molar-refractivity contribution in [2.24, 2.45) is 0 Å². The highest BCUT2D eigenvalue weighted by atomic mass is 32.2. The van der Waals surface area contributed by atoms with Crippen LogP contribution in [0.25, 0.3) is 6.08 Å². The van der Waals surface area contributed by atoms with E-state index in [1.807, 2.05) is 30.3 Å². The summed E-state index contributed by atoms with van der Waals surface area (Å²) >= 11 is 0.891. The maximum Gasteiger partial charge on any atom is 0.293 e. The second kappa shape index (κ2) is 9.13. The molecule has 31 heavy (non-hydrogen) atoms. The minimum absolute atomic E-state index is 0.0736. The third kappa shape index (κ3) is 4.51. The number of carbonyl (C=O) groups excluding carboxylic acids is 3. The van der Waals surface area contributed by atoms with Crippen LogP contribution in [0.1, 0.15) is 15.9 Å². The van der Waals surface area contributed by atoms with Gasteiger partial charge in [-0.3, -0.25) is 19.3 Å². The van der Waals surface area contributed by atoms with Gasteiger partial charge in [-0.2, -0.15) is 0 Å². The molecule has 3 amide bonds. The second-order valence-electron chi connectivity index (χ2n) is 6.70. The van der Waals surface area contributed by atoms with E-state index in [0.29, 0.717) is 40.9 Å². The number of imide groups is 1. The summed E-state index contributed by atoms with van der Waals surface area (Å²) in [6, 6.07) is 12.5. The smallest absolute Gasteiger partial charge is 0.293 e. The molecule has 4 rings (SSSR count). The van der Waals surface area contributed by atoms with Gasteiger partial charge in [-0.25, -0.2) is 0 Å². The molecule has 0 saturated carbocycles. The van der Waals surface area contributed by atoms with Gasteiger partial charge < -0.3 is 19.5 Å². The van der Waals surface area contributed by atoms with Gasteiger partial charge in [-0.05, 0) is 35.5 Å². The molecule has 0 bridgehead atoms. The number of hydrogen-bond acceptors (Lipinski definition) is 7. The Bertz CT molecular complexity index is 1040. The van der Waals surface area contributed by atoms with E-state index in [9.17, 15) is 14.4 Å². The Hall–Kier alpha value is -3.46. The first-order valence-corrected chi connectivity index (χ1v) is 10.4. The van der Waals surface area contributed by atoms with E-state index in [1.165, 1.54) is 7.11 Å². The van der Waals surface area contributed by atoms with Crippen LogP contribution in [-0.2, 0) is 4.79 Å². The summed E-state index contributed by atoms with van der Waals surface area (Å²) < 4.78 is 16.4. The number of fused-ring (bicyclic) bond motifs is 1. The lowest BCUT2D eigenvalue weighted by Crippen LogP contribution is -2.37. The first kappa shape index (κ1) is 20.8. The highest BCUT2D eigenvalue weighted by Gasteiger charge is 2.34. The molecule has 0 aliphatic carbocycles. The molecule has 2 heterocycles. The molecule has 1 fully saturated rings. The van der Waals surface area contributed by atoms with Gasteiger partial charge in [0.25, 0.3) is 17.1 Å². The van der Waals surface area contributed by atoms with E-state index in [4.69, 9.17) is 14.2 Å². The Labute approximate surface area is 183 Å². The molecule has 2 aliphatic rings. The van der Waals surface area contributed by atoms with Crippen molar-refractivity contribution in [1.29, 1.82) is 0 Å². The van der Waals surface area contributed by atoms with E-state index >= 15 is 0 Å². The Kier molecular flexibility index (Phi) is 6.13. The van der Waals surface area contributed by atoms with Gasteiger partial charge in [0, 0.05) is 18.7 Å². The fraction of sp³-hybridized carbons (Fsp3) is 0.227. The topological polar surface area (TPSA) is 94.2 Å². The maximum atomic E-state index is 12.6. The van der Waals surface area contributed by atoms with Crippen LogP contribution < -0.4 is 19.5 Å². The van der Waals surface area contributed by atoms with Crippen molar-refractivity contribution < 1.29 is 28.6 Å². The number of nitrogens with one attached hydrogen (secondary N) is 1. The van der Waals surface area contributed by atoms with Crippen molar-refractivity contribution in [3.05, 3.63) is 58.5 Å². The van der Waals surface area contributed by atoms with Crippen molar-refractivity contribution >= 4 is 34.9 Å². The van der Waals surface area contributed by atoms with Crippen LogP contribution in [0.3, 0.4) is 0 Å². The number of thioether (sulfide) groups is 1. The largest absolute Gasteiger partial charge is 0.493 e. The van der Waals surface area contributed by atoms with Crippen molar-refractivity contribution in [2.45, 2.75) is 0 Å². The quantitative estimate of drug-likeness (QED) is 0.690. The summed E-state index contributed by atoms with van der Waals surface area (Å²) in [6.45, 7) is 0.985. The Balaban J connectivity index is 1.38. The normalized spacial score (nSPS) is 16.5. The van der Waals surface area contributed by atoms with Gasteiger partial charge in [0.15, 0.2) is 11.5 Å². The number of rotatable bonds is 6. The Morgan fingerprint density at radius 2 is 1.97 bits per heavy atom. The molecule has 2 aliphatic heterocycles. The zero-order chi connectivity index (χ0) is 21.8. The van der Waals surface area contributed by atoms with Gasteiger partial charge in [-0.1, -0.05) is 30.3 Å². The zero-order valence-corrected chi connectivity index (χ0v) is 17.6. The molecule has 0 unspecified atom stereocenters.